The Balaban J connectivity index is 1.45. The number of hydrogen-bond donors (Lipinski definition) is 2. The molecule has 11 heteroatoms. The number of fused-ring (bicyclic) bond motifs is 1. The molecule has 8 nitrogen and oxygen atoms in total. The van der Waals surface area contributed by atoms with E-state index in [4.69, 9.17) is 27.9 Å². The monoisotopic (exact) mass is 506 g/mol. The van der Waals surface area contributed by atoms with Crippen LogP contribution >= 0.6 is 23.2 Å². The zero-order valence-electron chi connectivity index (χ0n) is 17.5. The summed E-state index contributed by atoms with van der Waals surface area (Å²) in [5.74, 6) is -0.0443. The van der Waals surface area contributed by atoms with Gasteiger partial charge in [0.2, 0.25) is 11.9 Å². The van der Waals surface area contributed by atoms with Crippen LogP contribution in [0.3, 0.4) is 0 Å². The standard InChI is InChI=1S/C22H20Cl2N4O4S/c1-13-6-8-25-22(26-13)28-33(30,31)17-3-4-19-15(11-17)10-14(21(29)27-19)7-9-32-20-5-2-16(23)12-18(20)24/h2-6,8,11-12,14H,7,9-10H2,1H3,(H,27,29)(H,25,26,28). The molecule has 1 amide bonds. The Morgan fingerprint density at radius 2 is 2.00 bits per heavy atom. The lowest BCUT2D eigenvalue weighted by molar-refractivity contribution is -0.120. The van der Waals surface area contributed by atoms with Gasteiger partial charge in [0, 0.05) is 28.5 Å². The molecule has 0 aliphatic carbocycles. The fraction of sp³-hybridized carbons (Fsp3) is 0.227. The molecule has 2 N–H and O–H groups in total. The van der Waals surface area contributed by atoms with Gasteiger partial charge in [-0.25, -0.2) is 23.1 Å². The zero-order valence-corrected chi connectivity index (χ0v) is 19.8. The van der Waals surface area contributed by atoms with Gasteiger partial charge in [-0.1, -0.05) is 23.2 Å². The fourth-order valence-electron chi connectivity index (χ4n) is 3.43. The van der Waals surface area contributed by atoms with Gasteiger partial charge in [-0.05, 0) is 67.8 Å². The van der Waals surface area contributed by atoms with Crippen molar-refractivity contribution in [1.29, 1.82) is 0 Å². The summed E-state index contributed by atoms with van der Waals surface area (Å²) in [4.78, 5) is 20.6. The first-order chi connectivity index (χ1) is 15.7. The van der Waals surface area contributed by atoms with E-state index in [1.807, 2.05) is 0 Å². The summed E-state index contributed by atoms with van der Waals surface area (Å²) in [5.41, 5.74) is 1.95. The molecule has 0 bridgehead atoms. The molecule has 0 saturated carbocycles. The molecule has 0 spiro atoms. The van der Waals surface area contributed by atoms with Crippen molar-refractivity contribution < 1.29 is 17.9 Å². The lowest BCUT2D eigenvalue weighted by atomic mass is 9.91. The van der Waals surface area contributed by atoms with Crippen molar-refractivity contribution >= 4 is 50.8 Å². The third-order valence-corrected chi connectivity index (χ3v) is 6.98. The quantitative estimate of drug-likeness (QED) is 0.488. The number of aromatic nitrogens is 2. The summed E-state index contributed by atoms with van der Waals surface area (Å²) in [6.45, 7) is 2.00. The van der Waals surface area contributed by atoms with E-state index in [2.05, 4.69) is 20.0 Å². The van der Waals surface area contributed by atoms with Crippen LogP contribution in [0.5, 0.6) is 5.75 Å². The number of carbonyl (C=O) groups is 1. The van der Waals surface area contributed by atoms with E-state index in [0.717, 1.165) is 5.56 Å². The second kappa shape index (κ2) is 9.54. The van der Waals surface area contributed by atoms with Crippen molar-refractivity contribution in [3.63, 3.8) is 0 Å². The van der Waals surface area contributed by atoms with Crippen molar-refractivity contribution in [2.75, 3.05) is 16.6 Å². The van der Waals surface area contributed by atoms with Gasteiger partial charge in [0.25, 0.3) is 10.0 Å². The first-order valence-corrected chi connectivity index (χ1v) is 12.3. The summed E-state index contributed by atoms with van der Waals surface area (Å²) in [6.07, 6.45) is 2.28. The predicted molar refractivity (Wildman–Crippen MR) is 126 cm³/mol. The highest BCUT2D eigenvalue weighted by molar-refractivity contribution is 7.92. The van der Waals surface area contributed by atoms with Gasteiger partial charge >= 0.3 is 0 Å². The lowest BCUT2D eigenvalue weighted by Crippen LogP contribution is -2.31. The number of benzene rings is 2. The molecule has 1 unspecified atom stereocenters. The maximum Gasteiger partial charge on any atom is 0.264 e. The van der Waals surface area contributed by atoms with Gasteiger partial charge in [0.05, 0.1) is 16.5 Å². The molecule has 1 aromatic heterocycles. The van der Waals surface area contributed by atoms with Crippen molar-refractivity contribution in [2.24, 2.45) is 5.92 Å². The molecule has 3 aromatic rings. The normalized spacial score (nSPS) is 15.5. The van der Waals surface area contributed by atoms with Gasteiger partial charge in [-0.3, -0.25) is 4.79 Å². The summed E-state index contributed by atoms with van der Waals surface area (Å²) in [7, 11) is -3.89. The van der Waals surface area contributed by atoms with Gasteiger partial charge in [-0.2, -0.15) is 0 Å². The molecule has 1 aliphatic rings. The van der Waals surface area contributed by atoms with Crippen LogP contribution in [-0.2, 0) is 21.2 Å². The van der Waals surface area contributed by atoms with Crippen LogP contribution in [0, 0.1) is 12.8 Å². The lowest BCUT2D eigenvalue weighted by Gasteiger charge is -2.25. The summed E-state index contributed by atoms with van der Waals surface area (Å²) in [6, 6.07) is 11.2. The van der Waals surface area contributed by atoms with Crippen LogP contribution in [0.2, 0.25) is 10.0 Å². The number of anilines is 2. The van der Waals surface area contributed by atoms with Crippen LogP contribution in [-0.4, -0.2) is 30.9 Å². The molecular formula is C22H20Cl2N4O4S. The highest BCUT2D eigenvalue weighted by atomic mass is 35.5. The molecular weight excluding hydrogens is 487 g/mol. The first kappa shape index (κ1) is 23.3. The number of amides is 1. The van der Waals surface area contributed by atoms with E-state index in [-0.39, 0.29) is 29.3 Å². The Kier molecular flexibility index (Phi) is 6.73. The van der Waals surface area contributed by atoms with E-state index < -0.39 is 10.0 Å². The Labute approximate surface area is 201 Å². The fourth-order valence-corrected chi connectivity index (χ4v) is 4.90. The van der Waals surface area contributed by atoms with Gasteiger partial charge in [0.15, 0.2) is 0 Å². The third kappa shape index (κ3) is 5.55. The number of rotatable bonds is 7. The molecule has 1 atom stereocenters. The van der Waals surface area contributed by atoms with Crippen LogP contribution in [0.4, 0.5) is 11.6 Å². The van der Waals surface area contributed by atoms with E-state index >= 15 is 0 Å². The number of halogens is 2. The molecule has 0 radical (unpaired) electrons. The van der Waals surface area contributed by atoms with Gasteiger partial charge in [0.1, 0.15) is 5.75 Å². The van der Waals surface area contributed by atoms with Gasteiger partial charge in [-0.15, -0.1) is 0 Å². The minimum Gasteiger partial charge on any atom is -0.492 e. The SMILES string of the molecule is Cc1ccnc(NS(=O)(=O)c2ccc3c(c2)CC(CCOc2ccc(Cl)cc2Cl)C(=O)N3)n1. The topological polar surface area (TPSA) is 110 Å². The van der Waals surface area contributed by atoms with Crippen LogP contribution in [0.1, 0.15) is 17.7 Å². The Bertz CT molecular complexity index is 1320. The highest BCUT2D eigenvalue weighted by Crippen LogP contribution is 2.31. The number of ether oxygens (including phenoxy) is 1. The zero-order chi connectivity index (χ0) is 23.6. The summed E-state index contributed by atoms with van der Waals surface area (Å²) < 4.78 is 33.7. The Hall–Kier alpha value is -2.88. The highest BCUT2D eigenvalue weighted by Gasteiger charge is 2.28. The summed E-state index contributed by atoms with van der Waals surface area (Å²) >= 11 is 12.0. The molecule has 2 heterocycles. The van der Waals surface area contributed by atoms with Crippen molar-refractivity contribution in [1.82, 2.24) is 9.97 Å². The van der Waals surface area contributed by atoms with Crippen molar-refractivity contribution in [3.05, 3.63) is 70.0 Å². The molecule has 1 aliphatic heterocycles. The number of nitrogens with zero attached hydrogens (tertiary/aromatic N) is 2. The van der Waals surface area contributed by atoms with Crippen LogP contribution in [0.25, 0.3) is 0 Å². The number of nitrogens with one attached hydrogen (secondary N) is 2. The summed E-state index contributed by atoms with van der Waals surface area (Å²) in [5, 5.41) is 3.73. The maximum atomic E-state index is 12.8. The van der Waals surface area contributed by atoms with Crippen molar-refractivity contribution in [3.8, 4) is 5.75 Å². The molecule has 2 aromatic carbocycles. The molecule has 172 valence electrons. The number of aryl methyl sites for hydroxylation is 1. The van der Waals surface area contributed by atoms with Crippen molar-refractivity contribution in [2.45, 2.75) is 24.7 Å². The Morgan fingerprint density at radius 1 is 1.18 bits per heavy atom. The second-order valence-electron chi connectivity index (χ2n) is 7.55. The largest absolute Gasteiger partial charge is 0.492 e. The van der Waals surface area contributed by atoms with E-state index in [0.29, 0.717) is 40.0 Å². The van der Waals surface area contributed by atoms with Gasteiger partial charge < -0.3 is 10.1 Å². The molecule has 4 rings (SSSR count). The minimum absolute atomic E-state index is 0.00286. The van der Waals surface area contributed by atoms with E-state index in [9.17, 15) is 13.2 Å². The first-order valence-electron chi connectivity index (χ1n) is 10.1. The van der Waals surface area contributed by atoms with Crippen LogP contribution in [0.15, 0.2) is 53.6 Å². The number of hydrogen-bond acceptors (Lipinski definition) is 6. The van der Waals surface area contributed by atoms with E-state index in [1.165, 1.54) is 12.3 Å². The average molecular weight is 507 g/mol. The minimum atomic E-state index is -3.89. The number of carbonyl (C=O) groups excluding carboxylic acids is 1. The second-order valence-corrected chi connectivity index (χ2v) is 10.1. The maximum absolute atomic E-state index is 12.8. The molecule has 0 saturated heterocycles. The molecule has 0 fully saturated rings. The van der Waals surface area contributed by atoms with Crippen LogP contribution < -0.4 is 14.8 Å². The third-order valence-electron chi connectivity index (χ3n) is 5.12. The molecule has 33 heavy (non-hydrogen) atoms. The number of sulfonamides is 1. The van der Waals surface area contributed by atoms with E-state index in [1.54, 1.807) is 43.3 Å². The predicted octanol–water partition coefficient (Wildman–Crippen LogP) is 4.47. The average Bonchev–Trinajstić information content (AvgIpc) is 2.75. The smallest absolute Gasteiger partial charge is 0.264 e. The Morgan fingerprint density at radius 3 is 2.76 bits per heavy atom.